The Labute approximate surface area is 121 Å². The van der Waals surface area contributed by atoms with E-state index in [4.69, 9.17) is 10.6 Å². The van der Waals surface area contributed by atoms with Crippen molar-refractivity contribution < 1.29 is 9.53 Å². The number of amides is 1. The fourth-order valence-corrected chi connectivity index (χ4v) is 1.69. The maximum Gasteiger partial charge on any atom is 0.424 e. The summed E-state index contributed by atoms with van der Waals surface area (Å²) in [6.45, 7) is 12.3. The molecule has 112 valence electrons. The molecule has 1 amide bonds. The minimum absolute atomic E-state index is 0.117. The molecular weight excluding hydrogens is 252 g/mol. The number of nitrogens with two attached hydrogens (primary N) is 1. The lowest BCUT2D eigenvalue weighted by atomic mass is 9.87. The molecule has 0 atom stereocenters. The average Bonchev–Trinajstić information content (AvgIpc) is 2.26. The van der Waals surface area contributed by atoms with E-state index in [1.165, 1.54) is 5.56 Å². The van der Waals surface area contributed by atoms with Crippen LogP contribution in [0.25, 0.3) is 0 Å². The third-order valence-electron chi connectivity index (χ3n) is 2.80. The normalized spacial score (nSPS) is 12.2. The van der Waals surface area contributed by atoms with E-state index in [9.17, 15) is 4.79 Å². The Morgan fingerprint density at radius 1 is 1.10 bits per heavy atom. The van der Waals surface area contributed by atoms with E-state index in [1.807, 2.05) is 32.9 Å². The molecular formula is C16H26N2O2. The minimum Gasteiger partial charge on any atom is -0.443 e. The summed E-state index contributed by atoms with van der Waals surface area (Å²) >= 11 is 0. The number of carbonyl (C=O) groups is 1. The zero-order valence-electron chi connectivity index (χ0n) is 13.4. The number of benzene rings is 1. The van der Waals surface area contributed by atoms with E-state index < -0.39 is 11.7 Å². The predicted molar refractivity (Wildman–Crippen MR) is 81.1 cm³/mol. The van der Waals surface area contributed by atoms with Crippen LogP contribution in [0.5, 0.6) is 0 Å². The molecule has 0 unspecified atom stereocenters. The Morgan fingerprint density at radius 2 is 1.60 bits per heavy atom. The molecule has 0 aromatic heterocycles. The van der Waals surface area contributed by atoms with E-state index in [-0.39, 0.29) is 5.41 Å². The van der Waals surface area contributed by atoms with Crippen LogP contribution in [0.15, 0.2) is 24.3 Å². The van der Waals surface area contributed by atoms with Crippen molar-refractivity contribution in [3.8, 4) is 0 Å². The molecule has 0 bridgehead atoms. The minimum atomic E-state index is -0.537. The number of hydrogen-bond acceptors (Lipinski definition) is 3. The first kappa shape index (κ1) is 16.5. The number of hydrazine groups is 1. The summed E-state index contributed by atoms with van der Waals surface area (Å²) in [5.41, 5.74) is 1.81. The van der Waals surface area contributed by atoms with Crippen molar-refractivity contribution in [3.63, 3.8) is 0 Å². The van der Waals surface area contributed by atoms with Crippen molar-refractivity contribution in [2.75, 3.05) is 0 Å². The third kappa shape index (κ3) is 5.21. The van der Waals surface area contributed by atoms with E-state index in [0.717, 1.165) is 10.6 Å². The first-order valence-electron chi connectivity index (χ1n) is 6.84. The highest BCUT2D eigenvalue weighted by molar-refractivity contribution is 5.67. The molecule has 0 aliphatic carbocycles. The van der Waals surface area contributed by atoms with Crippen molar-refractivity contribution in [1.29, 1.82) is 0 Å². The summed E-state index contributed by atoms with van der Waals surface area (Å²) in [6.07, 6.45) is -0.516. The van der Waals surface area contributed by atoms with Gasteiger partial charge in [-0.2, -0.15) is 0 Å². The molecule has 0 saturated carbocycles. The molecule has 0 aliphatic rings. The van der Waals surface area contributed by atoms with Gasteiger partial charge in [-0.15, -0.1) is 0 Å². The van der Waals surface area contributed by atoms with Crippen LogP contribution in [0.4, 0.5) is 4.79 Å². The molecule has 20 heavy (non-hydrogen) atoms. The topological polar surface area (TPSA) is 55.6 Å². The Kier molecular flexibility index (Phi) is 4.81. The van der Waals surface area contributed by atoms with Gasteiger partial charge in [0.1, 0.15) is 5.60 Å². The molecule has 0 spiro atoms. The second kappa shape index (κ2) is 5.83. The Balaban J connectivity index is 2.67. The van der Waals surface area contributed by atoms with Gasteiger partial charge in [0, 0.05) is 0 Å². The average molecular weight is 278 g/mol. The van der Waals surface area contributed by atoms with Gasteiger partial charge in [0.2, 0.25) is 0 Å². The van der Waals surface area contributed by atoms with Crippen molar-refractivity contribution in [2.45, 2.75) is 59.1 Å². The van der Waals surface area contributed by atoms with Crippen LogP contribution in [0.3, 0.4) is 0 Å². The summed E-state index contributed by atoms with van der Waals surface area (Å²) in [4.78, 5) is 11.8. The van der Waals surface area contributed by atoms with Gasteiger partial charge in [-0.3, -0.25) is 0 Å². The zero-order chi connectivity index (χ0) is 15.6. The largest absolute Gasteiger partial charge is 0.443 e. The third-order valence-corrected chi connectivity index (χ3v) is 2.80. The lowest BCUT2D eigenvalue weighted by Crippen LogP contribution is -2.40. The summed E-state index contributed by atoms with van der Waals surface area (Å²) in [5, 5.41) is 1.09. The lowest BCUT2D eigenvalue weighted by molar-refractivity contribution is 0.0231. The Hall–Kier alpha value is -1.55. The molecule has 0 heterocycles. The molecule has 1 aromatic rings. The summed E-state index contributed by atoms with van der Waals surface area (Å²) in [7, 11) is 0. The molecule has 1 aromatic carbocycles. The summed E-state index contributed by atoms with van der Waals surface area (Å²) < 4.78 is 5.21. The molecule has 4 heteroatoms. The van der Waals surface area contributed by atoms with Crippen molar-refractivity contribution in [1.82, 2.24) is 5.01 Å². The number of nitrogens with zero attached hydrogens (tertiary/aromatic N) is 1. The predicted octanol–water partition coefficient (Wildman–Crippen LogP) is 3.59. The van der Waals surface area contributed by atoms with Gasteiger partial charge < -0.3 is 4.74 Å². The zero-order valence-corrected chi connectivity index (χ0v) is 13.4. The summed E-state index contributed by atoms with van der Waals surface area (Å²) in [6, 6.07) is 8.12. The second-order valence-corrected chi connectivity index (χ2v) is 7.06. The number of ether oxygens (including phenoxy) is 1. The van der Waals surface area contributed by atoms with Crippen LogP contribution in [0.1, 0.15) is 52.7 Å². The van der Waals surface area contributed by atoms with E-state index in [2.05, 4.69) is 32.9 Å². The quantitative estimate of drug-likeness (QED) is 0.511. The maximum atomic E-state index is 11.8. The van der Waals surface area contributed by atoms with Crippen LogP contribution in [0.2, 0.25) is 0 Å². The smallest absolute Gasteiger partial charge is 0.424 e. The van der Waals surface area contributed by atoms with E-state index in [0.29, 0.717) is 6.54 Å². The Morgan fingerprint density at radius 3 is 2.00 bits per heavy atom. The molecule has 0 radical (unpaired) electrons. The highest BCUT2D eigenvalue weighted by atomic mass is 16.6. The van der Waals surface area contributed by atoms with Crippen LogP contribution < -0.4 is 5.84 Å². The van der Waals surface area contributed by atoms with E-state index in [1.54, 1.807) is 0 Å². The Bertz CT molecular complexity index is 453. The van der Waals surface area contributed by atoms with Gasteiger partial charge in [-0.1, -0.05) is 45.0 Å². The molecule has 1 rings (SSSR count). The van der Waals surface area contributed by atoms with Gasteiger partial charge in [0.25, 0.3) is 0 Å². The molecule has 4 nitrogen and oxygen atoms in total. The highest BCUT2D eigenvalue weighted by Crippen LogP contribution is 2.22. The van der Waals surface area contributed by atoms with Crippen molar-refractivity contribution >= 4 is 6.09 Å². The fraction of sp³-hybridized carbons (Fsp3) is 0.562. The van der Waals surface area contributed by atoms with Crippen LogP contribution in [-0.4, -0.2) is 16.7 Å². The fourth-order valence-electron chi connectivity index (χ4n) is 1.69. The van der Waals surface area contributed by atoms with E-state index >= 15 is 0 Å². The number of carbonyl (C=O) groups excluding carboxylic acids is 1. The van der Waals surface area contributed by atoms with Crippen molar-refractivity contribution in [3.05, 3.63) is 35.4 Å². The second-order valence-electron chi connectivity index (χ2n) is 7.06. The molecule has 0 aliphatic heterocycles. The number of hydrogen-bond donors (Lipinski definition) is 1. The first-order valence-corrected chi connectivity index (χ1v) is 6.84. The van der Waals surface area contributed by atoms with Gasteiger partial charge in [-0.25, -0.2) is 15.6 Å². The lowest BCUT2D eigenvalue weighted by Gasteiger charge is -2.24. The highest BCUT2D eigenvalue weighted by Gasteiger charge is 2.20. The monoisotopic (exact) mass is 278 g/mol. The van der Waals surface area contributed by atoms with Gasteiger partial charge >= 0.3 is 6.09 Å². The molecule has 0 fully saturated rings. The molecule has 2 N–H and O–H groups in total. The standard InChI is InChI=1S/C16H26N2O2/c1-15(2,3)13-9-7-12(8-10-13)11-18(17)14(19)20-16(4,5)6/h7-10H,11,17H2,1-6H3. The maximum absolute atomic E-state index is 11.8. The molecule has 0 saturated heterocycles. The number of rotatable bonds is 2. The van der Waals surface area contributed by atoms with Gasteiger partial charge in [0.15, 0.2) is 0 Å². The van der Waals surface area contributed by atoms with Crippen molar-refractivity contribution in [2.24, 2.45) is 5.84 Å². The summed E-state index contributed by atoms with van der Waals surface area (Å²) in [5.74, 6) is 5.74. The van der Waals surface area contributed by atoms with Crippen LogP contribution >= 0.6 is 0 Å². The SMILES string of the molecule is CC(C)(C)OC(=O)N(N)Cc1ccc(C(C)(C)C)cc1. The van der Waals surface area contributed by atoms with Crippen LogP contribution in [-0.2, 0) is 16.7 Å². The van der Waals surface area contributed by atoms with Gasteiger partial charge in [-0.05, 0) is 37.3 Å². The first-order chi connectivity index (χ1) is 8.99. The van der Waals surface area contributed by atoms with Crippen LogP contribution in [0, 0.1) is 0 Å². The van der Waals surface area contributed by atoms with Gasteiger partial charge in [0.05, 0.1) is 6.54 Å².